The number of rotatable bonds is 9. The standard InChI is InChI=1S/C32H35F7N4O5S2/c1-7-43(50(6,47)48)23-10-11-42(18-23)28-16-25(24-9-8-22(33)15-27(24)49(5,45)46)26(17-40-28)41(4)29(44)30(2,3)19-12-20(31(34,35)36)14-21(13-19)32(37,38)39/h8-9,12-17,23H,7,10-11,18H2,1-6H3. The maximum absolute atomic E-state index is 14.4. The fraction of sp³-hybridized carbons (Fsp3) is 0.438. The molecule has 0 aliphatic carbocycles. The number of anilines is 2. The third-order valence-corrected chi connectivity index (χ3v) is 11.2. The first kappa shape index (κ1) is 39.0. The van der Waals surface area contributed by atoms with E-state index in [1.54, 1.807) is 11.8 Å². The zero-order valence-corrected chi connectivity index (χ0v) is 29.4. The molecular weight excluding hydrogens is 717 g/mol. The van der Waals surface area contributed by atoms with Gasteiger partial charge in [0.15, 0.2) is 9.84 Å². The smallest absolute Gasteiger partial charge is 0.355 e. The summed E-state index contributed by atoms with van der Waals surface area (Å²) in [5, 5.41) is 0. The number of carbonyl (C=O) groups is 1. The maximum Gasteiger partial charge on any atom is 0.416 e. The average molecular weight is 753 g/mol. The number of alkyl halides is 6. The normalized spacial score (nSPS) is 16.3. The van der Waals surface area contributed by atoms with Crippen LogP contribution in [0.3, 0.4) is 0 Å². The molecule has 4 rings (SSSR count). The van der Waals surface area contributed by atoms with Crippen LogP contribution in [0, 0.1) is 5.82 Å². The van der Waals surface area contributed by atoms with Crippen LogP contribution in [0.4, 0.5) is 42.2 Å². The summed E-state index contributed by atoms with van der Waals surface area (Å²) in [6.07, 6.45) is -6.79. The number of hydrogen-bond donors (Lipinski definition) is 0. The summed E-state index contributed by atoms with van der Waals surface area (Å²) in [7, 11) is -6.47. The van der Waals surface area contributed by atoms with Gasteiger partial charge in [-0.3, -0.25) is 4.79 Å². The summed E-state index contributed by atoms with van der Waals surface area (Å²) < 4.78 is 148. The largest absolute Gasteiger partial charge is 0.416 e. The fourth-order valence-corrected chi connectivity index (χ4v) is 8.12. The van der Waals surface area contributed by atoms with E-state index in [1.807, 2.05) is 0 Å². The van der Waals surface area contributed by atoms with Crippen molar-refractivity contribution in [2.24, 2.45) is 0 Å². The molecule has 9 nitrogen and oxygen atoms in total. The molecule has 50 heavy (non-hydrogen) atoms. The van der Waals surface area contributed by atoms with Crippen molar-refractivity contribution in [2.45, 2.75) is 55.9 Å². The molecule has 3 aromatic rings. The van der Waals surface area contributed by atoms with Gasteiger partial charge < -0.3 is 9.80 Å². The molecule has 2 heterocycles. The van der Waals surface area contributed by atoms with Gasteiger partial charge in [-0.15, -0.1) is 0 Å². The molecule has 0 saturated carbocycles. The molecule has 18 heteroatoms. The van der Waals surface area contributed by atoms with Crippen molar-refractivity contribution in [3.8, 4) is 11.1 Å². The number of pyridine rings is 1. The van der Waals surface area contributed by atoms with Gasteiger partial charge in [-0.05, 0) is 62.2 Å². The first-order valence-corrected chi connectivity index (χ1v) is 18.8. The van der Waals surface area contributed by atoms with Gasteiger partial charge in [-0.25, -0.2) is 26.2 Å². The molecule has 274 valence electrons. The van der Waals surface area contributed by atoms with Crippen LogP contribution >= 0.6 is 0 Å². The highest BCUT2D eigenvalue weighted by Crippen LogP contribution is 2.42. The molecule has 1 fully saturated rings. The zero-order chi connectivity index (χ0) is 37.8. The van der Waals surface area contributed by atoms with Crippen LogP contribution in [-0.2, 0) is 42.4 Å². The van der Waals surface area contributed by atoms with Crippen LogP contribution in [0.2, 0.25) is 0 Å². The van der Waals surface area contributed by atoms with Crippen molar-refractivity contribution >= 4 is 37.3 Å². The Kier molecular flexibility index (Phi) is 10.5. The molecule has 1 amide bonds. The lowest BCUT2D eigenvalue weighted by Gasteiger charge is -2.32. The number of likely N-dealkylation sites (N-methyl/N-ethyl adjacent to an activating group) is 2. The molecule has 1 atom stereocenters. The van der Waals surface area contributed by atoms with Crippen molar-refractivity contribution in [1.29, 1.82) is 0 Å². The van der Waals surface area contributed by atoms with Gasteiger partial charge in [0, 0.05) is 50.1 Å². The van der Waals surface area contributed by atoms with Gasteiger partial charge in [0.25, 0.3) is 0 Å². The maximum atomic E-state index is 14.4. The van der Waals surface area contributed by atoms with Gasteiger partial charge in [0.05, 0.1) is 39.6 Å². The predicted molar refractivity (Wildman–Crippen MR) is 173 cm³/mol. The van der Waals surface area contributed by atoms with E-state index in [-0.39, 0.29) is 41.8 Å². The highest BCUT2D eigenvalue weighted by molar-refractivity contribution is 7.90. The van der Waals surface area contributed by atoms with E-state index < -0.39 is 77.0 Å². The Labute approximate surface area is 285 Å². The van der Waals surface area contributed by atoms with E-state index in [4.69, 9.17) is 0 Å². The molecule has 1 aromatic heterocycles. The molecule has 2 aromatic carbocycles. The van der Waals surface area contributed by atoms with Gasteiger partial charge in [-0.1, -0.05) is 13.0 Å². The molecule has 1 unspecified atom stereocenters. The summed E-state index contributed by atoms with van der Waals surface area (Å²) in [4.78, 5) is 20.7. The third-order valence-electron chi connectivity index (χ3n) is 8.64. The molecule has 1 aliphatic heterocycles. The number of benzene rings is 2. The molecular formula is C32H35F7N4O5S2. The number of amides is 1. The number of sulfone groups is 1. The lowest BCUT2D eigenvalue weighted by molar-refractivity contribution is -0.143. The second kappa shape index (κ2) is 13.4. The zero-order valence-electron chi connectivity index (χ0n) is 27.8. The summed E-state index contributed by atoms with van der Waals surface area (Å²) in [5.41, 5.74) is -5.94. The van der Waals surface area contributed by atoms with Crippen molar-refractivity contribution in [3.05, 3.63) is 71.2 Å². The summed E-state index contributed by atoms with van der Waals surface area (Å²) in [6, 6.07) is 4.80. The molecule has 0 radical (unpaired) electrons. The van der Waals surface area contributed by atoms with Crippen LogP contribution in [0.1, 0.15) is 43.9 Å². The third kappa shape index (κ3) is 8.07. The van der Waals surface area contributed by atoms with Gasteiger partial charge in [0.1, 0.15) is 11.6 Å². The number of hydrogen-bond acceptors (Lipinski definition) is 7. The summed E-state index contributed by atoms with van der Waals surface area (Å²) in [5.74, 6) is -1.62. The molecule has 0 bridgehead atoms. The summed E-state index contributed by atoms with van der Waals surface area (Å²) >= 11 is 0. The van der Waals surface area contributed by atoms with Gasteiger partial charge in [0.2, 0.25) is 15.9 Å². The second-order valence-corrected chi connectivity index (χ2v) is 16.5. The van der Waals surface area contributed by atoms with Crippen LogP contribution in [0.25, 0.3) is 11.1 Å². The van der Waals surface area contributed by atoms with Crippen molar-refractivity contribution in [2.75, 3.05) is 49.0 Å². The van der Waals surface area contributed by atoms with E-state index in [0.717, 1.165) is 49.5 Å². The van der Waals surface area contributed by atoms with E-state index in [2.05, 4.69) is 4.98 Å². The summed E-state index contributed by atoms with van der Waals surface area (Å²) in [6.45, 7) is 4.73. The minimum atomic E-state index is -5.16. The van der Waals surface area contributed by atoms with E-state index >= 15 is 0 Å². The minimum Gasteiger partial charge on any atom is -0.355 e. The quantitative estimate of drug-likeness (QED) is 0.242. The van der Waals surface area contributed by atoms with Crippen LogP contribution in [-0.4, -0.2) is 77.3 Å². The fourth-order valence-electron chi connectivity index (χ4n) is 6.03. The Bertz CT molecular complexity index is 1990. The van der Waals surface area contributed by atoms with Gasteiger partial charge in [-0.2, -0.15) is 30.6 Å². The number of carbonyl (C=O) groups excluding carboxylic acids is 1. The molecule has 0 N–H and O–H groups in total. The Hall–Kier alpha value is -3.77. The Balaban J connectivity index is 1.88. The van der Waals surface area contributed by atoms with Crippen molar-refractivity contribution < 1.29 is 52.4 Å². The molecule has 0 spiro atoms. The topological polar surface area (TPSA) is 108 Å². The van der Waals surface area contributed by atoms with Crippen LogP contribution in [0.15, 0.2) is 53.6 Å². The highest BCUT2D eigenvalue weighted by atomic mass is 32.2. The van der Waals surface area contributed by atoms with Crippen molar-refractivity contribution in [1.82, 2.24) is 9.29 Å². The highest BCUT2D eigenvalue weighted by Gasteiger charge is 2.42. The lowest BCUT2D eigenvalue weighted by atomic mass is 9.81. The predicted octanol–water partition coefficient (Wildman–Crippen LogP) is 6.13. The number of aromatic nitrogens is 1. The molecule has 1 aliphatic rings. The van der Waals surface area contributed by atoms with E-state index in [0.29, 0.717) is 25.1 Å². The van der Waals surface area contributed by atoms with Crippen molar-refractivity contribution in [3.63, 3.8) is 0 Å². The Morgan fingerprint density at radius 3 is 1.96 bits per heavy atom. The number of sulfonamides is 1. The number of nitrogens with zero attached hydrogens (tertiary/aromatic N) is 4. The minimum absolute atomic E-state index is 0.0287. The second-order valence-electron chi connectivity index (χ2n) is 12.6. The lowest BCUT2D eigenvalue weighted by Crippen LogP contribution is -2.42. The SMILES string of the molecule is CCN(C1CCN(c2cc(-c3ccc(F)cc3S(C)(=O)=O)c(N(C)C(=O)C(C)(C)c3cc(C(F)(F)F)cc(C(F)(F)F)c3)cn2)C1)S(C)(=O)=O. The monoisotopic (exact) mass is 752 g/mol. The first-order valence-electron chi connectivity index (χ1n) is 15.1. The van der Waals surface area contributed by atoms with Gasteiger partial charge >= 0.3 is 12.4 Å². The Morgan fingerprint density at radius 2 is 1.46 bits per heavy atom. The first-order chi connectivity index (χ1) is 22.8. The van der Waals surface area contributed by atoms with Crippen LogP contribution in [0.5, 0.6) is 0 Å². The number of halogens is 7. The Morgan fingerprint density at radius 1 is 0.900 bits per heavy atom. The molecule has 1 saturated heterocycles. The van der Waals surface area contributed by atoms with Crippen LogP contribution < -0.4 is 9.80 Å². The van der Waals surface area contributed by atoms with E-state index in [9.17, 15) is 52.4 Å². The average Bonchev–Trinajstić information content (AvgIpc) is 3.47. The van der Waals surface area contributed by atoms with E-state index in [1.165, 1.54) is 23.6 Å².